The van der Waals surface area contributed by atoms with Crippen molar-refractivity contribution in [3.8, 4) is 5.75 Å². The molecule has 0 saturated carbocycles. The van der Waals surface area contributed by atoms with Gasteiger partial charge in [-0.05, 0) is 80.6 Å². The van der Waals surface area contributed by atoms with Crippen LogP contribution < -0.4 is 10.1 Å². The van der Waals surface area contributed by atoms with Gasteiger partial charge in [-0.2, -0.15) is 0 Å². The van der Waals surface area contributed by atoms with E-state index in [1.807, 2.05) is 26.0 Å². The molecule has 1 aliphatic heterocycles. The predicted octanol–water partition coefficient (Wildman–Crippen LogP) is 3.90. The maximum atomic E-state index is 12.3. The Balaban J connectivity index is 1.54. The number of nitrogens with one attached hydrogen (secondary N) is 1. The highest BCUT2D eigenvalue weighted by Gasteiger charge is 2.14. The van der Waals surface area contributed by atoms with Crippen molar-refractivity contribution in [2.45, 2.75) is 46.7 Å². The zero-order valence-corrected chi connectivity index (χ0v) is 16.7. The summed E-state index contributed by atoms with van der Waals surface area (Å²) in [6.45, 7) is 10.0. The number of likely N-dealkylation sites (tertiary alicyclic amines) is 1. The van der Waals surface area contributed by atoms with Crippen molar-refractivity contribution in [3.05, 3.63) is 64.2 Å². The van der Waals surface area contributed by atoms with Crippen molar-refractivity contribution in [2.24, 2.45) is 0 Å². The lowest BCUT2D eigenvalue weighted by atomic mass is 10.1. The number of hydrogen-bond donors (Lipinski definition) is 1. The average molecular weight is 367 g/mol. The summed E-state index contributed by atoms with van der Waals surface area (Å²) < 4.78 is 5.77. The molecule has 4 heteroatoms. The number of rotatable bonds is 7. The highest BCUT2D eigenvalue weighted by molar-refractivity contribution is 5.77. The van der Waals surface area contributed by atoms with Crippen LogP contribution in [0.25, 0.3) is 0 Å². The molecule has 0 aliphatic carbocycles. The zero-order chi connectivity index (χ0) is 19.2. The van der Waals surface area contributed by atoms with E-state index in [9.17, 15) is 4.79 Å². The third-order valence-corrected chi connectivity index (χ3v) is 5.31. The van der Waals surface area contributed by atoms with Crippen LogP contribution in [-0.2, 0) is 17.9 Å². The predicted molar refractivity (Wildman–Crippen MR) is 109 cm³/mol. The van der Waals surface area contributed by atoms with Crippen LogP contribution in [0.2, 0.25) is 0 Å². The van der Waals surface area contributed by atoms with E-state index < -0.39 is 0 Å². The van der Waals surface area contributed by atoms with E-state index in [0.717, 1.165) is 23.4 Å². The number of carbonyl (C=O) groups is 1. The van der Waals surface area contributed by atoms with Gasteiger partial charge in [0.25, 0.3) is 5.91 Å². The molecular formula is C23H30N2O2. The second-order valence-electron chi connectivity index (χ2n) is 7.52. The van der Waals surface area contributed by atoms with Crippen molar-refractivity contribution in [1.29, 1.82) is 0 Å². The number of amides is 1. The summed E-state index contributed by atoms with van der Waals surface area (Å²) in [6, 6.07) is 12.5. The van der Waals surface area contributed by atoms with Gasteiger partial charge < -0.3 is 10.1 Å². The first kappa shape index (κ1) is 19.4. The molecular weight excluding hydrogens is 336 g/mol. The van der Waals surface area contributed by atoms with Gasteiger partial charge in [0.15, 0.2) is 6.61 Å². The molecule has 0 atom stereocenters. The van der Waals surface area contributed by atoms with Gasteiger partial charge in [0.1, 0.15) is 5.75 Å². The maximum absolute atomic E-state index is 12.3. The number of aryl methyl sites for hydroxylation is 2. The Morgan fingerprint density at radius 2 is 1.78 bits per heavy atom. The van der Waals surface area contributed by atoms with Crippen molar-refractivity contribution in [3.63, 3.8) is 0 Å². The van der Waals surface area contributed by atoms with Crippen LogP contribution in [0.15, 0.2) is 36.4 Å². The quantitative estimate of drug-likeness (QED) is 0.808. The van der Waals surface area contributed by atoms with E-state index in [0.29, 0.717) is 6.54 Å². The standard InChI is InChI=1S/C23H30N2O2/c1-17-12-18(2)19(3)22(13-17)27-16-23(26)24-14-20-8-4-5-9-21(20)15-25-10-6-7-11-25/h4-5,8-9,12-13H,6-7,10-11,14-16H2,1-3H3,(H,24,26). The Bertz CT molecular complexity index is 795. The molecule has 3 rings (SSSR count). The van der Waals surface area contributed by atoms with Crippen molar-refractivity contribution in [2.75, 3.05) is 19.7 Å². The summed E-state index contributed by atoms with van der Waals surface area (Å²) in [4.78, 5) is 14.8. The van der Waals surface area contributed by atoms with Crippen molar-refractivity contribution < 1.29 is 9.53 Å². The lowest BCUT2D eigenvalue weighted by Crippen LogP contribution is -2.29. The minimum Gasteiger partial charge on any atom is -0.483 e. The first-order chi connectivity index (χ1) is 13.0. The van der Waals surface area contributed by atoms with Crippen LogP contribution in [-0.4, -0.2) is 30.5 Å². The normalized spacial score (nSPS) is 14.3. The topological polar surface area (TPSA) is 41.6 Å². The SMILES string of the molecule is Cc1cc(C)c(C)c(OCC(=O)NCc2ccccc2CN2CCCC2)c1. The summed E-state index contributed by atoms with van der Waals surface area (Å²) in [5, 5.41) is 3.00. The molecule has 1 fully saturated rings. The summed E-state index contributed by atoms with van der Waals surface area (Å²) >= 11 is 0. The molecule has 0 bridgehead atoms. The lowest BCUT2D eigenvalue weighted by Gasteiger charge is -2.18. The highest BCUT2D eigenvalue weighted by Crippen LogP contribution is 2.23. The molecule has 144 valence electrons. The molecule has 1 saturated heterocycles. The Morgan fingerprint density at radius 3 is 2.52 bits per heavy atom. The number of benzene rings is 2. The smallest absolute Gasteiger partial charge is 0.258 e. The number of carbonyl (C=O) groups excluding carboxylic acids is 1. The maximum Gasteiger partial charge on any atom is 0.258 e. The number of nitrogens with zero attached hydrogens (tertiary/aromatic N) is 1. The Labute approximate surface area is 162 Å². The van der Waals surface area contributed by atoms with E-state index in [-0.39, 0.29) is 12.5 Å². The fourth-order valence-corrected chi connectivity index (χ4v) is 3.60. The van der Waals surface area contributed by atoms with Crippen molar-refractivity contribution >= 4 is 5.91 Å². The van der Waals surface area contributed by atoms with E-state index in [4.69, 9.17) is 4.74 Å². The average Bonchev–Trinajstić information content (AvgIpc) is 3.16. The van der Waals surface area contributed by atoms with Gasteiger partial charge in [-0.25, -0.2) is 0 Å². The number of hydrogen-bond acceptors (Lipinski definition) is 3. The molecule has 0 aromatic heterocycles. The van der Waals surface area contributed by atoms with Crippen LogP contribution in [0.4, 0.5) is 0 Å². The zero-order valence-electron chi connectivity index (χ0n) is 16.7. The van der Waals surface area contributed by atoms with E-state index in [1.165, 1.54) is 42.6 Å². The van der Waals surface area contributed by atoms with Crippen molar-refractivity contribution in [1.82, 2.24) is 10.2 Å². The molecule has 1 N–H and O–H groups in total. The molecule has 1 amide bonds. The third-order valence-electron chi connectivity index (χ3n) is 5.31. The second kappa shape index (κ2) is 9.05. The minimum atomic E-state index is -0.0930. The van der Waals surface area contributed by atoms with Gasteiger partial charge in [0, 0.05) is 13.1 Å². The Kier molecular flexibility index (Phi) is 6.51. The molecule has 0 radical (unpaired) electrons. The second-order valence-corrected chi connectivity index (χ2v) is 7.52. The van der Waals surface area contributed by atoms with E-state index in [2.05, 4.69) is 41.4 Å². The molecule has 0 unspecified atom stereocenters. The van der Waals surface area contributed by atoms with Gasteiger partial charge in [0.2, 0.25) is 0 Å². The fourth-order valence-electron chi connectivity index (χ4n) is 3.60. The fraction of sp³-hybridized carbons (Fsp3) is 0.435. The Hall–Kier alpha value is -2.33. The number of ether oxygens (including phenoxy) is 1. The molecule has 0 spiro atoms. The van der Waals surface area contributed by atoms with Gasteiger partial charge >= 0.3 is 0 Å². The summed E-state index contributed by atoms with van der Waals surface area (Å²) in [6.07, 6.45) is 2.57. The molecule has 1 heterocycles. The monoisotopic (exact) mass is 366 g/mol. The Morgan fingerprint density at radius 1 is 1.07 bits per heavy atom. The van der Waals surface area contributed by atoms with Gasteiger partial charge in [0.05, 0.1) is 0 Å². The van der Waals surface area contributed by atoms with Crippen LogP contribution in [0.5, 0.6) is 5.75 Å². The van der Waals surface area contributed by atoms with Gasteiger partial charge in [-0.1, -0.05) is 30.3 Å². The van der Waals surface area contributed by atoms with E-state index >= 15 is 0 Å². The largest absolute Gasteiger partial charge is 0.483 e. The molecule has 2 aromatic rings. The van der Waals surface area contributed by atoms with E-state index in [1.54, 1.807) is 0 Å². The minimum absolute atomic E-state index is 0.0397. The summed E-state index contributed by atoms with van der Waals surface area (Å²) in [5.41, 5.74) is 5.89. The first-order valence-corrected chi connectivity index (χ1v) is 9.79. The molecule has 4 nitrogen and oxygen atoms in total. The van der Waals surface area contributed by atoms with Crippen LogP contribution in [0.3, 0.4) is 0 Å². The van der Waals surface area contributed by atoms with Gasteiger partial charge in [-0.15, -0.1) is 0 Å². The molecule has 2 aromatic carbocycles. The van der Waals surface area contributed by atoms with Gasteiger partial charge in [-0.3, -0.25) is 9.69 Å². The van der Waals surface area contributed by atoms with Crippen LogP contribution in [0, 0.1) is 20.8 Å². The lowest BCUT2D eigenvalue weighted by molar-refractivity contribution is -0.123. The third kappa shape index (κ3) is 5.33. The first-order valence-electron chi connectivity index (χ1n) is 9.79. The molecule has 27 heavy (non-hydrogen) atoms. The molecule has 1 aliphatic rings. The summed E-state index contributed by atoms with van der Waals surface area (Å²) in [7, 11) is 0. The summed E-state index contributed by atoms with van der Waals surface area (Å²) in [5.74, 6) is 0.696. The van der Waals surface area contributed by atoms with Crippen LogP contribution in [0.1, 0.15) is 40.7 Å². The highest BCUT2D eigenvalue weighted by atomic mass is 16.5. The van der Waals surface area contributed by atoms with Crippen LogP contribution >= 0.6 is 0 Å².